The minimum absolute atomic E-state index is 0.149. The number of esters is 2. The topological polar surface area (TPSA) is 65.5 Å². The molecule has 1 aromatic rings. The van der Waals surface area contributed by atoms with E-state index < -0.39 is 11.9 Å². The molecule has 1 rings (SSSR count). The van der Waals surface area contributed by atoms with Crippen molar-refractivity contribution in [2.24, 2.45) is 5.92 Å². The molecule has 33 heavy (non-hydrogen) atoms. The highest BCUT2D eigenvalue weighted by Gasteiger charge is 2.15. The monoisotopic (exact) mass is 461 g/mol. The predicted molar refractivity (Wildman–Crippen MR) is 135 cm³/mol. The number of hydrogen-bond donors (Lipinski definition) is 0. The van der Waals surface area contributed by atoms with E-state index in [0.717, 1.165) is 25.7 Å². The minimum atomic E-state index is -0.493. The number of nitrogens with zero attached hydrogens (tertiary/aromatic N) is 1. The van der Waals surface area contributed by atoms with Crippen LogP contribution >= 0.6 is 0 Å². The molecule has 5 nitrogen and oxygen atoms in total. The smallest absolute Gasteiger partial charge is 0.356 e. The van der Waals surface area contributed by atoms with E-state index in [1.165, 1.54) is 70.6 Å². The number of rotatable bonds is 20. The maximum absolute atomic E-state index is 12.3. The first-order valence-electron chi connectivity index (χ1n) is 13.4. The van der Waals surface area contributed by atoms with Gasteiger partial charge in [0.2, 0.25) is 0 Å². The second-order valence-electron chi connectivity index (χ2n) is 9.07. The van der Waals surface area contributed by atoms with E-state index in [9.17, 15) is 9.59 Å². The van der Waals surface area contributed by atoms with Gasteiger partial charge in [-0.3, -0.25) is 0 Å². The molecule has 0 radical (unpaired) electrons. The fraction of sp³-hybridized carbons (Fsp3) is 0.750. The number of ether oxygens (including phenoxy) is 2. The van der Waals surface area contributed by atoms with E-state index in [-0.39, 0.29) is 11.4 Å². The zero-order valence-electron chi connectivity index (χ0n) is 21.4. The molecule has 1 aromatic heterocycles. The van der Waals surface area contributed by atoms with E-state index in [2.05, 4.69) is 25.8 Å². The van der Waals surface area contributed by atoms with Crippen LogP contribution in [0.4, 0.5) is 0 Å². The molecular formula is C28H47NO4. The molecule has 0 aliphatic rings. The van der Waals surface area contributed by atoms with Crippen molar-refractivity contribution in [2.45, 2.75) is 117 Å². The largest absolute Gasteiger partial charge is 0.461 e. The Kier molecular flexibility index (Phi) is 17.3. The molecule has 0 amide bonds. The molecular weight excluding hydrogens is 414 g/mol. The van der Waals surface area contributed by atoms with Gasteiger partial charge in [-0.15, -0.1) is 0 Å². The lowest BCUT2D eigenvalue weighted by molar-refractivity contribution is 0.0425. The van der Waals surface area contributed by atoms with Gasteiger partial charge in [-0.1, -0.05) is 117 Å². The van der Waals surface area contributed by atoms with Crippen molar-refractivity contribution in [1.29, 1.82) is 0 Å². The van der Waals surface area contributed by atoms with E-state index in [1.807, 2.05) is 0 Å². The quantitative estimate of drug-likeness (QED) is 0.146. The Hall–Kier alpha value is -1.91. The van der Waals surface area contributed by atoms with Crippen LogP contribution in [0.2, 0.25) is 0 Å². The summed E-state index contributed by atoms with van der Waals surface area (Å²) in [6.45, 7) is 7.18. The molecule has 0 aliphatic carbocycles. The highest BCUT2D eigenvalue weighted by atomic mass is 16.5. The van der Waals surface area contributed by atoms with Crippen LogP contribution in [0.1, 0.15) is 138 Å². The first-order chi connectivity index (χ1) is 16.1. The maximum atomic E-state index is 12.3. The molecule has 0 N–H and O–H groups in total. The molecule has 0 aliphatic heterocycles. The summed E-state index contributed by atoms with van der Waals surface area (Å²) in [6, 6.07) is 4.78. The Morgan fingerprint density at radius 2 is 1.15 bits per heavy atom. The van der Waals surface area contributed by atoms with E-state index in [4.69, 9.17) is 9.47 Å². The van der Waals surface area contributed by atoms with Crippen molar-refractivity contribution >= 4 is 11.9 Å². The third-order valence-electron chi connectivity index (χ3n) is 6.25. The fourth-order valence-electron chi connectivity index (χ4n) is 3.81. The Bertz CT molecular complexity index is 643. The van der Waals surface area contributed by atoms with Crippen LogP contribution in [0, 0.1) is 5.92 Å². The van der Waals surface area contributed by atoms with Crippen LogP contribution in [0.3, 0.4) is 0 Å². The summed E-state index contributed by atoms with van der Waals surface area (Å²) in [5, 5.41) is 0. The Labute approximate surface area is 202 Å². The summed E-state index contributed by atoms with van der Waals surface area (Å²) >= 11 is 0. The molecule has 1 heterocycles. The zero-order valence-corrected chi connectivity index (χ0v) is 21.4. The van der Waals surface area contributed by atoms with Gasteiger partial charge in [-0.25, -0.2) is 14.6 Å². The fourth-order valence-corrected chi connectivity index (χ4v) is 3.81. The normalized spacial score (nSPS) is 11.0. The third-order valence-corrected chi connectivity index (χ3v) is 6.25. The highest BCUT2D eigenvalue weighted by molar-refractivity contribution is 5.91. The van der Waals surface area contributed by atoms with Crippen molar-refractivity contribution in [2.75, 3.05) is 13.2 Å². The van der Waals surface area contributed by atoms with Crippen molar-refractivity contribution < 1.29 is 19.1 Å². The van der Waals surface area contributed by atoms with Gasteiger partial charge >= 0.3 is 11.9 Å². The third kappa shape index (κ3) is 14.1. The Morgan fingerprint density at radius 3 is 1.64 bits per heavy atom. The van der Waals surface area contributed by atoms with Crippen molar-refractivity contribution in [3.8, 4) is 0 Å². The Morgan fingerprint density at radius 1 is 0.697 bits per heavy atom. The van der Waals surface area contributed by atoms with Crippen LogP contribution in [0.25, 0.3) is 0 Å². The molecule has 0 bridgehead atoms. The molecule has 0 saturated heterocycles. The number of aromatic nitrogens is 1. The summed E-state index contributed by atoms with van der Waals surface area (Å²) in [4.78, 5) is 28.6. The number of carbonyl (C=O) groups is 2. The van der Waals surface area contributed by atoms with Crippen LogP contribution in [-0.4, -0.2) is 30.1 Å². The van der Waals surface area contributed by atoms with Gasteiger partial charge in [-0.05, 0) is 24.5 Å². The minimum Gasteiger partial charge on any atom is -0.461 e. The number of unbranched alkanes of at least 4 members (excludes halogenated alkanes) is 12. The van der Waals surface area contributed by atoms with Crippen LogP contribution in [0.15, 0.2) is 18.2 Å². The second-order valence-corrected chi connectivity index (χ2v) is 9.07. The molecule has 0 saturated carbocycles. The Balaban J connectivity index is 2.12. The summed E-state index contributed by atoms with van der Waals surface area (Å²) in [7, 11) is 0. The number of pyridine rings is 1. The highest BCUT2D eigenvalue weighted by Crippen LogP contribution is 2.13. The molecule has 5 heteroatoms. The lowest BCUT2D eigenvalue weighted by Crippen LogP contribution is -2.16. The van der Waals surface area contributed by atoms with Crippen molar-refractivity contribution in [3.63, 3.8) is 0 Å². The van der Waals surface area contributed by atoms with Gasteiger partial charge in [0.05, 0.1) is 13.2 Å². The lowest BCUT2D eigenvalue weighted by atomic mass is 10.0. The molecule has 188 valence electrons. The van der Waals surface area contributed by atoms with E-state index in [1.54, 1.807) is 18.2 Å². The van der Waals surface area contributed by atoms with Crippen LogP contribution in [0.5, 0.6) is 0 Å². The first-order valence-corrected chi connectivity index (χ1v) is 13.4. The van der Waals surface area contributed by atoms with Crippen LogP contribution in [-0.2, 0) is 9.47 Å². The zero-order chi connectivity index (χ0) is 24.2. The molecule has 0 fully saturated rings. The summed E-state index contributed by atoms with van der Waals surface area (Å²) in [5.41, 5.74) is 0.304. The molecule has 0 atom stereocenters. The maximum Gasteiger partial charge on any atom is 0.356 e. The molecule has 0 unspecified atom stereocenters. The van der Waals surface area contributed by atoms with Crippen LogP contribution < -0.4 is 0 Å². The first kappa shape index (κ1) is 29.1. The number of hydrogen-bond acceptors (Lipinski definition) is 5. The summed E-state index contributed by atoms with van der Waals surface area (Å²) in [6.07, 6.45) is 18.6. The van der Waals surface area contributed by atoms with Gasteiger partial charge in [0.1, 0.15) is 11.4 Å². The van der Waals surface area contributed by atoms with E-state index >= 15 is 0 Å². The summed E-state index contributed by atoms with van der Waals surface area (Å²) < 4.78 is 10.7. The number of carbonyl (C=O) groups excluding carboxylic acids is 2. The van der Waals surface area contributed by atoms with Crippen molar-refractivity contribution in [3.05, 3.63) is 29.6 Å². The standard InChI is InChI=1S/C28H47NO4/c1-4-7-8-9-10-11-12-13-14-15-16-17-18-22-32-27(30)25-20-19-21-26(29-25)28(31)33-23-24(5-2)6-3/h19-21,24H,4-18,22-23H2,1-3H3. The molecule has 0 aromatic carbocycles. The van der Waals surface area contributed by atoms with Gasteiger partial charge in [-0.2, -0.15) is 0 Å². The average molecular weight is 462 g/mol. The van der Waals surface area contributed by atoms with Gasteiger partial charge in [0.25, 0.3) is 0 Å². The van der Waals surface area contributed by atoms with Gasteiger partial charge in [0.15, 0.2) is 0 Å². The molecule has 0 spiro atoms. The SMILES string of the molecule is CCCCCCCCCCCCCCCOC(=O)c1cccc(C(=O)OCC(CC)CC)n1. The average Bonchev–Trinajstić information content (AvgIpc) is 2.84. The summed E-state index contributed by atoms with van der Waals surface area (Å²) in [5.74, 6) is -0.626. The predicted octanol–water partition coefficient (Wildman–Crippen LogP) is 7.92. The second kappa shape index (κ2) is 19.5. The van der Waals surface area contributed by atoms with Crippen molar-refractivity contribution in [1.82, 2.24) is 4.98 Å². The van der Waals surface area contributed by atoms with Gasteiger partial charge < -0.3 is 9.47 Å². The lowest BCUT2D eigenvalue weighted by Gasteiger charge is -2.12. The van der Waals surface area contributed by atoms with Gasteiger partial charge in [0, 0.05) is 0 Å². The van der Waals surface area contributed by atoms with E-state index in [0.29, 0.717) is 19.1 Å².